The number of nitrogens with zero attached hydrogens (tertiary/aromatic N) is 2. The lowest BCUT2D eigenvalue weighted by Gasteiger charge is -2.06. The maximum Gasteiger partial charge on any atom is 0.271 e. The van der Waals surface area contributed by atoms with Crippen molar-refractivity contribution in [3.05, 3.63) is 33.9 Å². The van der Waals surface area contributed by atoms with Crippen molar-refractivity contribution in [1.82, 2.24) is 0 Å². The van der Waals surface area contributed by atoms with Gasteiger partial charge in [0.15, 0.2) is 0 Å². The molecule has 6 nitrogen and oxygen atoms in total. The standard InChI is InChI=1S/C11H12N2O4/c1-16-5-2-6-17-11-4-3-10(13(14)15)7-9(11)8-12/h3-4,7H,2,5-6H2,1H3. The van der Waals surface area contributed by atoms with Gasteiger partial charge in [0.25, 0.3) is 5.69 Å². The number of nitro groups is 1. The number of methoxy groups -OCH3 is 1. The molecule has 90 valence electrons. The molecule has 6 heteroatoms. The van der Waals surface area contributed by atoms with Crippen LogP contribution >= 0.6 is 0 Å². The van der Waals surface area contributed by atoms with Gasteiger partial charge >= 0.3 is 0 Å². The van der Waals surface area contributed by atoms with E-state index >= 15 is 0 Å². The van der Waals surface area contributed by atoms with Crippen molar-refractivity contribution in [3.8, 4) is 11.8 Å². The molecule has 1 aromatic carbocycles. The predicted molar refractivity (Wildman–Crippen MR) is 59.8 cm³/mol. The van der Waals surface area contributed by atoms with Gasteiger partial charge < -0.3 is 9.47 Å². The minimum atomic E-state index is -0.546. The summed E-state index contributed by atoms with van der Waals surface area (Å²) in [5.74, 6) is 0.356. The van der Waals surface area contributed by atoms with E-state index < -0.39 is 4.92 Å². The molecule has 0 fully saturated rings. The molecule has 0 aliphatic carbocycles. The van der Waals surface area contributed by atoms with Crippen LogP contribution in [0.1, 0.15) is 12.0 Å². The van der Waals surface area contributed by atoms with Crippen molar-refractivity contribution in [2.45, 2.75) is 6.42 Å². The fourth-order valence-electron chi connectivity index (χ4n) is 1.23. The molecule has 0 unspecified atom stereocenters. The normalized spacial score (nSPS) is 9.65. The summed E-state index contributed by atoms with van der Waals surface area (Å²) in [5.41, 5.74) is 0.0439. The second-order valence-electron chi connectivity index (χ2n) is 3.24. The number of hydrogen-bond donors (Lipinski definition) is 0. The molecule has 0 saturated carbocycles. The Morgan fingerprint density at radius 3 is 2.82 bits per heavy atom. The first-order valence-corrected chi connectivity index (χ1v) is 4.99. The molecular formula is C11H12N2O4. The molecule has 0 radical (unpaired) electrons. The van der Waals surface area contributed by atoms with Crippen LogP contribution in [0.5, 0.6) is 5.75 Å². The summed E-state index contributed by atoms with van der Waals surface area (Å²) in [6.07, 6.45) is 0.693. The summed E-state index contributed by atoms with van der Waals surface area (Å²) in [6.45, 7) is 0.967. The van der Waals surface area contributed by atoms with Gasteiger partial charge in [-0.05, 0) is 6.07 Å². The third-order valence-corrected chi connectivity index (χ3v) is 2.04. The van der Waals surface area contributed by atoms with Gasteiger partial charge in [0.2, 0.25) is 0 Å². The molecule has 0 saturated heterocycles. The minimum Gasteiger partial charge on any atom is -0.492 e. The van der Waals surface area contributed by atoms with Crippen molar-refractivity contribution in [3.63, 3.8) is 0 Å². The molecule has 0 atom stereocenters. The van der Waals surface area contributed by atoms with Gasteiger partial charge in [0.05, 0.1) is 11.5 Å². The predicted octanol–water partition coefficient (Wildman–Crippen LogP) is 1.88. The highest BCUT2D eigenvalue weighted by atomic mass is 16.6. The van der Waals surface area contributed by atoms with Crippen molar-refractivity contribution in [1.29, 1.82) is 5.26 Å². The largest absolute Gasteiger partial charge is 0.492 e. The first-order chi connectivity index (χ1) is 8.19. The second kappa shape index (κ2) is 6.45. The van der Waals surface area contributed by atoms with E-state index in [1.165, 1.54) is 18.2 Å². The van der Waals surface area contributed by atoms with E-state index in [2.05, 4.69) is 0 Å². The monoisotopic (exact) mass is 236 g/mol. The Kier molecular flexibility index (Phi) is 4.91. The molecule has 0 amide bonds. The van der Waals surface area contributed by atoms with Crippen LogP contribution in [0.3, 0.4) is 0 Å². The fourth-order valence-corrected chi connectivity index (χ4v) is 1.23. The SMILES string of the molecule is COCCCOc1ccc([N+](=O)[O-])cc1C#N. The molecule has 0 N–H and O–H groups in total. The molecule has 0 heterocycles. The summed E-state index contributed by atoms with van der Waals surface area (Å²) in [4.78, 5) is 9.97. The summed E-state index contributed by atoms with van der Waals surface area (Å²) in [7, 11) is 1.59. The Hall–Kier alpha value is -2.13. The maximum atomic E-state index is 10.5. The molecule has 0 aliphatic heterocycles. The van der Waals surface area contributed by atoms with Gasteiger partial charge in [0, 0.05) is 32.3 Å². The van der Waals surface area contributed by atoms with Crippen LogP contribution in [0, 0.1) is 21.4 Å². The van der Waals surface area contributed by atoms with Crippen LogP contribution in [-0.4, -0.2) is 25.2 Å². The number of benzene rings is 1. The van der Waals surface area contributed by atoms with Crippen LogP contribution in [0.25, 0.3) is 0 Å². The fraction of sp³-hybridized carbons (Fsp3) is 0.364. The molecule has 0 bridgehead atoms. The number of rotatable bonds is 6. The lowest BCUT2D eigenvalue weighted by Crippen LogP contribution is -2.02. The first-order valence-electron chi connectivity index (χ1n) is 4.99. The smallest absolute Gasteiger partial charge is 0.271 e. The van der Waals surface area contributed by atoms with E-state index in [0.29, 0.717) is 25.4 Å². The summed E-state index contributed by atoms with van der Waals surface area (Å²) in [6, 6.07) is 5.82. The highest BCUT2D eigenvalue weighted by molar-refractivity contribution is 5.50. The Labute approximate surface area is 98.5 Å². The number of nitro benzene ring substituents is 1. The molecule has 0 spiro atoms. The highest BCUT2D eigenvalue weighted by Gasteiger charge is 2.11. The zero-order valence-corrected chi connectivity index (χ0v) is 9.38. The Morgan fingerprint density at radius 2 is 2.24 bits per heavy atom. The number of ether oxygens (including phenoxy) is 2. The molecule has 0 aromatic heterocycles. The average molecular weight is 236 g/mol. The lowest BCUT2D eigenvalue weighted by atomic mass is 10.2. The van der Waals surface area contributed by atoms with E-state index in [1.807, 2.05) is 6.07 Å². The molecule has 0 aliphatic rings. The van der Waals surface area contributed by atoms with E-state index in [-0.39, 0.29) is 11.3 Å². The Balaban J connectivity index is 2.73. The molecular weight excluding hydrogens is 224 g/mol. The van der Waals surface area contributed by atoms with Crippen molar-refractivity contribution in [2.75, 3.05) is 20.3 Å². The third kappa shape index (κ3) is 3.74. The first kappa shape index (κ1) is 12.9. The van der Waals surface area contributed by atoms with Crippen LogP contribution in [0.15, 0.2) is 18.2 Å². The summed E-state index contributed by atoms with van der Waals surface area (Å²) >= 11 is 0. The number of nitriles is 1. The average Bonchev–Trinajstić information content (AvgIpc) is 2.34. The van der Waals surface area contributed by atoms with Gasteiger partial charge in [-0.2, -0.15) is 5.26 Å². The van der Waals surface area contributed by atoms with Crippen LogP contribution in [0.2, 0.25) is 0 Å². The van der Waals surface area contributed by atoms with E-state index in [1.54, 1.807) is 7.11 Å². The molecule has 1 aromatic rings. The van der Waals surface area contributed by atoms with E-state index in [0.717, 1.165) is 0 Å². The van der Waals surface area contributed by atoms with Gasteiger partial charge in [0.1, 0.15) is 17.4 Å². The highest BCUT2D eigenvalue weighted by Crippen LogP contribution is 2.23. The van der Waals surface area contributed by atoms with Gasteiger partial charge in [-0.25, -0.2) is 0 Å². The van der Waals surface area contributed by atoms with Crippen LogP contribution in [-0.2, 0) is 4.74 Å². The zero-order chi connectivity index (χ0) is 12.7. The van der Waals surface area contributed by atoms with Crippen molar-refractivity contribution in [2.24, 2.45) is 0 Å². The van der Waals surface area contributed by atoms with Gasteiger partial charge in [-0.1, -0.05) is 0 Å². The quantitative estimate of drug-likeness (QED) is 0.427. The van der Waals surface area contributed by atoms with E-state index in [9.17, 15) is 10.1 Å². The van der Waals surface area contributed by atoms with Crippen molar-refractivity contribution < 1.29 is 14.4 Å². The summed E-state index contributed by atoms with van der Waals surface area (Å²) in [5, 5.41) is 19.4. The van der Waals surface area contributed by atoms with E-state index in [4.69, 9.17) is 14.7 Å². The Morgan fingerprint density at radius 1 is 1.47 bits per heavy atom. The zero-order valence-electron chi connectivity index (χ0n) is 9.38. The molecule has 17 heavy (non-hydrogen) atoms. The third-order valence-electron chi connectivity index (χ3n) is 2.04. The topological polar surface area (TPSA) is 85.4 Å². The maximum absolute atomic E-state index is 10.5. The van der Waals surface area contributed by atoms with Crippen molar-refractivity contribution >= 4 is 5.69 Å². The molecule has 1 rings (SSSR count). The van der Waals surface area contributed by atoms with Crippen LogP contribution in [0.4, 0.5) is 5.69 Å². The van der Waals surface area contributed by atoms with Crippen LogP contribution < -0.4 is 4.74 Å². The number of hydrogen-bond acceptors (Lipinski definition) is 5. The van der Waals surface area contributed by atoms with Gasteiger partial charge in [-0.15, -0.1) is 0 Å². The Bertz CT molecular complexity index is 440. The minimum absolute atomic E-state index is 0.120. The number of non-ortho nitro benzene ring substituents is 1. The second-order valence-corrected chi connectivity index (χ2v) is 3.24. The van der Waals surface area contributed by atoms with Gasteiger partial charge in [-0.3, -0.25) is 10.1 Å². The lowest BCUT2D eigenvalue weighted by molar-refractivity contribution is -0.384. The summed E-state index contributed by atoms with van der Waals surface area (Å²) < 4.78 is 10.2.